The van der Waals surface area contributed by atoms with Crippen LogP contribution >= 0.6 is 15.9 Å². The highest BCUT2D eigenvalue weighted by molar-refractivity contribution is 9.10. The third-order valence-corrected chi connectivity index (χ3v) is 2.59. The SMILES string of the molecule is COc1cc(Br)c(NC(=O)CN)cc1OC. The topological polar surface area (TPSA) is 73.6 Å². The molecule has 0 heterocycles. The summed E-state index contributed by atoms with van der Waals surface area (Å²) in [6.45, 7) is -0.0687. The Kier molecular flexibility index (Phi) is 4.57. The fourth-order valence-electron chi connectivity index (χ4n) is 1.15. The highest BCUT2D eigenvalue weighted by Crippen LogP contribution is 2.36. The summed E-state index contributed by atoms with van der Waals surface area (Å²) in [5.74, 6) is 0.853. The molecule has 0 aromatic heterocycles. The molecule has 1 amide bonds. The van der Waals surface area contributed by atoms with Gasteiger partial charge >= 0.3 is 0 Å². The van der Waals surface area contributed by atoms with Crippen molar-refractivity contribution in [3.8, 4) is 11.5 Å². The number of ether oxygens (including phenoxy) is 2. The van der Waals surface area contributed by atoms with Crippen molar-refractivity contribution >= 4 is 27.5 Å². The van der Waals surface area contributed by atoms with Gasteiger partial charge in [0.15, 0.2) is 11.5 Å². The van der Waals surface area contributed by atoms with Gasteiger partial charge in [-0.2, -0.15) is 0 Å². The lowest BCUT2D eigenvalue weighted by Gasteiger charge is -2.12. The second-order valence-corrected chi connectivity index (χ2v) is 3.79. The van der Waals surface area contributed by atoms with E-state index in [4.69, 9.17) is 15.2 Å². The van der Waals surface area contributed by atoms with Crippen molar-refractivity contribution in [3.05, 3.63) is 16.6 Å². The molecule has 0 unspecified atom stereocenters. The molecular formula is C10H13BrN2O3. The van der Waals surface area contributed by atoms with E-state index in [1.54, 1.807) is 19.2 Å². The van der Waals surface area contributed by atoms with Crippen molar-refractivity contribution < 1.29 is 14.3 Å². The number of methoxy groups -OCH3 is 2. The van der Waals surface area contributed by atoms with E-state index in [2.05, 4.69) is 21.2 Å². The quantitative estimate of drug-likeness (QED) is 0.878. The van der Waals surface area contributed by atoms with Crippen molar-refractivity contribution in [3.63, 3.8) is 0 Å². The van der Waals surface area contributed by atoms with E-state index in [1.807, 2.05) is 0 Å². The van der Waals surface area contributed by atoms with Crippen molar-refractivity contribution in [1.29, 1.82) is 0 Å². The number of amides is 1. The van der Waals surface area contributed by atoms with Gasteiger partial charge in [-0.1, -0.05) is 0 Å². The van der Waals surface area contributed by atoms with Crippen LogP contribution in [0, 0.1) is 0 Å². The van der Waals surface area contributed by atoms with Crippen LogP contribution < -0.4 is 20.5 Å². The Balaban J connectivity index is 3.06. The fourth-order valence-corrected chi connectivity index (χ4v) is 1.57. The lowest BCUT2D eigenvalue weighted by atomic mass is 10.2. The Bertz CT molecular complexity index is 396. The number of carbonyl (C=O) groups is 1. The van der Waals surface area contributed by atoms with E-state index in [0.717, 1.165) is 0 Å². The lowest BCUT2D eigenvalue weighted by Crippen LogP contribution is -2.22. The van der Waals surface area contributed by atoms with Crippen molar-refractivity contribution in [2.24, 2.45) is 5.73 Å². The molecule has 1 aromatic rings. The van der Waals surface area contributed by atoms with Gasteiger partial charge in [-0.25, -0.2) is 0 Å². The van der Waals surface area contributed by atoms with Gasteiger partial charge in [-0.3, -0.25) is 4.79 Å². The first-order valence-electron chi connectivity index (χ1n) is 4.53. The maximum absolute atomic E-state index is 11.2. The summed E-state index contributed by atoms with van der Waals surface area (Å²) in [5, 5.41) is 2.64. The van der Waals surface area contributed by atoms with Gasteiger partial charge in [0.1, 0.15) is 0 Å². The normalized spacial score (nSPS) is 9.75. The van der Waals surface area contributed by atoms with Crippen LogP contribution in [0.3, 0.4) is 0 Å². The maximum atomic E-state index is 11.2. The highest BCUT2D eigenvalue weighted by atomic mass is 79.9. The molecule has 0 atom stereocenters. The van der Waals surface area contributed by atoms with Gasteiger partial charge in [-0.15, -0.1) is 0 Å². The molecule has 1 aromatic carbocycles. The molecule has 6 heteroatoms. The summed E-state index contributed by atoms with van der Waals surface area (Å²) in [4.78, 5) is 11.2. The standard InChI is InChI=1S/C10H13BrN2O3/c1-15-8-3-6(11)7(4-9(8)16-2)13-10(14)5-12/h3-4H,5,12H2,1-2H3,(H,13,14). The second kappa shape index (κ2) is 5.72. The third kappa shape index (κ3) is 2.86. The van der Waals surface area contributed by atoms with Crippen LogP contribution in [0.4, 0.5) is 5.69 Å². The van der Waals surface area contributed by atoms with Crippen LogP contribution in [-0.2, 0) is 4.79 Å². The zero-order valence-electron chi connectivity index (χ0n) is 9.04. The van der Waals surface area contributed by atoms with Crippen LogP contribution in [0.1, 0.15) is 0 Å². The van der Waals surface area contributed by atoms with Gasteiger partial charge in [0.2, 0.25) is 5.91 Å². The Morgan fingerprint density at radius 3 is 2.44 bits per heavy atom. The number of hydrogen-bond donors (Lipinski definition) is 2. The number of anilines is 1. The predicted molar refractivity (Wildman–Crippen MR) is 64.9 cm³/mol. The third-order valence-electron chi connectivity index (χ3n) is 1.93. The van der Waals surface area contributed by atoms with E-state index in [-0.39, 0.29) is 12.5 Å². The summed E-state index contributed by atoms with van der Waals surface area (Å²) >= 11 is 3.32. The van der Waals surface area contributed by atoms with Crippen LogP contribution in [-0.4, -0.2) is 26.7 Å². The predicted octanol–water partition coefficient (Wildman–Crippen LogP) is 1.36. The molecular weight excluding hydrogens is 276 g/mol. The van der Waals surface area contributed by atoms with Crippen LogP contribution in [0.2, 0.25) is 0 Å². The van der Waals surface area contributed by atoms with E-state index in [9.17, 15) is 4.79 Å². The zero-order chi connectivity index (χ0) is 12.1. The molecule has 1 rings (SSSR count). The van der Waals surface area contributed by atoms with Crippen molar-refractivity contribution in [2.75, 3.05) is 26.1 Å². The minimum atomic E-state index is -0.270. The average Bonchev–Trinajstić information content (AvgIpc) is 2.30. The molecule has 0 fully saturated rings. The zero-order valence-corrected chi connectivity index (χ0v) is 10.6. The highest BCUT2D eigenvalue weighted by Gasteiger charge is 2.10. The van der Waals surface area contributed by atoms with E-state index >= 15 is 0 Å². The van der Waals surface area contributed by atoms with Crippen molar-refractivity contribution in [1.82, 2.24) is 0 Å². The Morgan fingerprint density at radius 2 is 1.94 bits per heavy atom. The maximum Gasteiger partial charge on any atom is 0.238 e. The molecule has 88 valence electrons. The van der Waals surface area contributed by atoms with Crippen molar-refractivity contribution in [2.45, 2.75) is 0 Å². The number of nitrogens with two attached hydrogens (primary N) is 1. The van der Waals surface area contributed by atoms with Gasteiger partial charge in [0.05, 0.1) is 26.5 Å². The number of nitrogens with one attached hydrogen (secondary N) is 1. The minimum absolute atomic E-state index is 0.0687. The van der Waals surface area contributed by atoms with Gasteiger partial charge in [0, 0.05) is 16.6 Å². The van der Waals surface area contributed by atoms with Gasteiger partial charge < -0.3 is 20.5 Å². The fraction of sp³-hybridized carbons (Fsp3) is 0.300. The van der Waals surface area contributed by atoms with E-state index < -0.39 is 0 Å². The second-order valence-electron chi connectivity index (χ2n) is 2.94. The molecule has 0 aliphatic carbocycles. The van der Waals surface area contributed by atoms with Gasteiger partial charge in [0.25, 0.3) is 0 Å². The average molecular weight is 289 g/mol. The first kappa shape index (κ1) is 12.8. The van der Waals surface area contributed by atoms with Gasteiger partial charge in [-0.05, 0) is 15.9 Å². The monoisotopic (exact) mass is 288 g/mol. The number of hydrogen-bond acceptors (Lipinski definition) is 4. The summed E-state index contributed by atoms with van der Waals surface area (Å²) < 4.78 is 10.9. The minimum Gasteiger partial charge on any atom is -0.493 e. The Morgan fingerprint density at radius 1 is 1.38 bits per heavy atom. The largest absolute Gasteiger partial charge is 0.493 e. The molecule has 5 nitrogen and oxygen atoms in total. The molecule has 16 heavy (non-hydrogen) atoms. The molecule has 0 saturated heterocycles. The molecule has 0 aliphatic rings. The summed E-state index contributed by atoms with van der Waals surface area (Å²) in [7, 11) is 3.07. The summed E-state index contributed by atoms with van der Waals surface area (Å²) in [6.07, 6.45) is 0. The van der Waals surface area contributed by atoms with E-state index in [1.165, 1.54) is 7.11 Å². The molecule has 0 aliphatic heterocycles. The van der Waals surface area contributed by atoms with Crippen LogP contribution in [0.15, 0.2) is 16.6 Å². The molecule has 3 N–H and O–H groups in total. The summed E-state index contributed by atoms with van der Waals surface area (Å²) in [5.41, 5.74) is 5.80. The molecule has 0 saturated carbocycles. The molecule has 0 bridgehead atoms. The Labute approximate surface area is 102 Å². The lowest BCUT2D eigenvalue weighted by molar-refractivity contribution is -0.114. The number of halogens is 1. The van der Waals surface area contributed by atoms with Crippen LogP contribution in [0.25, 0.3) is 0 Å². The molecule has 0 radical (unpaired) electrons. The van der Waals surface area contributed by atoms with Crippen LogP contribution in [0.5, 0.6) is 11.5 Å². The molecule has 0 spiro atoms. The smallest absolute Gasteiger partial charge is 0.238 e. The number of carbonyl (C=O) groups excluding carboxylic acids is 1. The number of rotatable bonds is 4. The van der Waals surface area contributed by atoms with E-state index in [0.29, 0.717) is 21.7 Å². The number of benzene rings is 1. The first-order chi connectivity index (χ1) is 7.62. The summed E-state index contributed by atoms with van der Waals surface area (Å²) in [6, 6.07) is 3.38. The first-order valence-corrected chi connectivity index (χ1v) is 5.33. The Hall–Kier alpha value is -1.27.